The minimum Gasteiger partial charge on any atom is -0.390 e. The van der Waals surface area contributed by atoms with Gasteiger partial charge in [0.15, 0.2) is 5.67 Å². The SMILES string of the molecule is CC(C)c1ccc(N2CC(CS(C)(=O)=O)C2)c2cnc(Nc3nc(N4CC[C@@H](O)[C@@](C)(F)C4)ns3)cc12. The van der Waals surface area contributed by atoms with Crippen molar-refractivity contribution in [1.29, 1.82) is 0 Å². The van der Waals surface area contributed by atoms with Crippen LogP contribution in [0.25, 0.3) is 10.8 Å². The van der Waals surface area contributed by atoms with E-state index in [0.29, 0.717) is 48.9 Å². The molecule has 4 heterocycles. The molecule has 2 saturated heterocycles. The lowest BCUT2D eigenvalue weighted by Gasteiger charge is -2.41. The molecule has 200 valence electrons. The second kappa shape index (κ2) is 9.63. The summed E-state index contributed by atoms with van der Waals surface area (Å²) in [5.41, 5.74) is 0.552. The van der Waals surface area contributed by atoms with Gasteiger partial charge in [-0.3, -0.25) is 0 Å². The van der Waals surface area contributed by atoms with Crippen LogP contribution >= 0.6 is 11.5 Å². The fraction of sp³-hybridized carbons (Fsp3) is 0.560. The van der Waals surface area contributed by atoms with Gasteiger partial charge in [-0.1, -0.05) is 19.9 Å². The minimum atomic E-state index is -2.99. The van der Waals surface area contributed by atoms with E-state index < -0.39 is 21.6 Å². The number of aliphatic hydroxyl groups is 1. The largest absolute Gasteiger partial charge is 0.390 e. The summed E-state index contributed by atoms with van der Waals surface area (Å²) in [6, 6.07) is 6.25. The van der Waals surface area contributed by atoms with E-state index in [-0.39, 0.29) is 18.2 Å². The number of rotatable bonds is 7. The first-order valence-corrected chi connectivity index (χ1v) is 15.3. The Labute approximate surface area is 220 Å². The van der Waals surface area contributed by atoms with Gasteiger partial charge < -0.3 is 20.2 Å². The number of fused-ring (bicyclic) bond motifs is 1. The Morgan fingerprint density at radius 3 is 2.70 bits per heavy atom. The van der Waals surface area contributed by atoms with Gasteiger partial charge in [0.1, 0.15) is 15.7 Å². The number of nitrogens with one attached hydrogen (secondary N) is 1. The second-order valence-electron chi connectivity index (χ2n) is 10.8. The average Bonchev–Trinajstić information content (AvgIpc) is 3.25. The van der Waals surface area contributed by atoms with Crippen molar-refractivity contribution in [3.8, 4) is 0 Å². The molecule has 1 aromatic carbocycles. The molecular formula is C25H33FN6O3S2. The molecule has 2 N–H and O–H groups in total. The third-order valence-electron chi connectivity index (χ3n) is 7.17. The number of aromatic nitrogens is 3. The standard InChI is InChI=1S/C25H33FN6O3S2/c1-15(2)17-5-6-20(32-11-16(12-32)13-37(4,34)35)19-10-27-22(9-18(17)19)28-24-29-23(30-36-24)31-8-7-21(33)25(3,26)14-31/h5-6,9-10,15-16,21,33H,7-8,11-14H2,1-4H3,(H,27,28,29,30)/t21-,25+/m1/s1. The number of nitrogens with zero attached hydrogens (tertiary/aromatic N) is 5. The number of alkyl halides is 1. The van der Waals surface area contributed by atoms with Crippen molar-refractivity contribution in [1.82, 2.24) is 14.3 Å². The Morgan fingerprint density at radius 1 is 1.27 bits per heavy atom. The quantitative estimate of drug-likeness (QED) is 0.456. The van der Waals surface area contributed by atoms with E-state index in [1.54, 1.807) is 4.90 Å². The normalized spacial score (nSPS) is 23.1. The van der Waals surface area contributed by atoms with Crippen molar-refractivity contribution in [2.24, 2.45) is 5.92 Å². The van der Waals surface area contributed by atoms with E-state index in [4.69, 9.17) is 0 Å². The van der Waals surface area contributed by atoms with Crippen molar-refractivity contribution in [3.63, 3.8) is 0 Å². The highest BCUT2D eigenvalue weighted by Crippen LogP contribution is 2.37. The number of hydrogen-bond acceptors (Lipinski definition) is 10. The predicted molar refractivity (Wildman–Crippen MR) is 147 cm³/mol. The highest BCUT2D eigenvalue weighted by Gasteiger charge is 2.40. The summed E-state index contributed by atoms with van der Waals surface area (Å²) in [5.74, 6) is 1.74. The summed E-state index contributed by atoms with van der Waals surface area (Å²) in [6.07, 6.45) is 2.49. The van der Waals surface area contributed by atoms with E-state index in [9.17, 15) is 17.9 Å². The summed E-state index contributed by atoms with van der Waals surface area (Å²) in [5, 5.41) is 15.8. The summed E-state index contributed by atoms with van der Waals surface area (Å²) in [6.45, 7) is 7.66. The molecule has 2 atom stereocenters. The van der Waals surface area contributed by atoms with Crippen LogP contribution in [0.5, 0.6) is 0 Å². The minimum absolute atomic E-state index is 0.0423. The zero-order chi connectivity index (χ0) is 26.5. The third-order valence-corrected chi connectivity index (χ3v) is 8.87. The number of anilines is 4. The van der Waals surface area contributed by atoms with Crippen molar-refractivity contribution in [2.75, 3.05) is 53.3 Å². The summed E-state index contributed by atoms with van der Waals surface area (Å²) in [4.78, 5) is 13.1. The Kier molecular flexibility index (Phi) is 6.78. The molecule has 2 aromatic heterocycles. The molecule has 0 radical (unpaired) electrons. The lowest BCUT2D eigenvalue weighted by Crippen LogP contribution is -2.52. The molecule has 5 rings (SSSR count). The maximum Gasteiger partial charge on any atom is 0.239 e. The number of sulfone groups is 1. The smallest absolute Gasteiger partial charge is 0.239 e. The highest BCUT2D eigenvalue weighted by atomic mass is 32.2. The van der Waals surface area contributed by atoms with Crippen LogP contribution in [0.1, 0.15) is 38.7 Å². The molecule has 12 heteroatoms. The van der Waals surface area contributed by atoms with Gasteiger partial charge in [-0.25, -0.2) is 17.8 Å². The Balaban J connectivity index is 1.37. The van der Waals surface area contributed by atoms with E-state index in [1.807, 2.05) is 12.3 Å². The second-order valence-corrected chi connectivity index (χ2v) is 13.8. The molecule has 37 heavy (non-hydrogen) atoms. The van der Waals surface area contributed by atoms with E-state index in [1.165, 1.54) is 30.3 Å². The first-order valence-electron chi connectivity index (χ1n) is 12.5. The first-order chi connectivity index (χ1) is 17.4. The summed E-state index contributed by atoms with van der Waals surface area (Å²) < 4.78 is 42.3. The number of piperidine rings is 1. The fourth-order valence-corrected chi connectivity index (χ4v) is 6.87. The van der Waals surface area contributed by atoms with E-state index >= 15 is 0 Å². The molecule has 0 unspecified atom stereocenters. The van der Waals surface area contributed by atoms with Crippen LogP contribution in [-0.2, 0) is 9.84 Å². The predicted octanol–water partition coefficient (Wildman–Crippen LogP) is 3.73. The molecule has 2 aliphatic rings. The molecule has 2 fully saturated rings. The van der Waals surface area contributed by atoms with Gasteiger partial charge in [0, 0.05) is 60.6 Å². The number of aliphatic hydroxyl groups excluding tert-OH is 1. The molecule has 0 saturated carbocycles. The van der Waals surface area contributed by atoms with Gasteiger partial charge in [-0.2, -0.15) is 9.36 Å². The summed E-state index contributed by atoms with van der Waals surface area (Å²) in [7, 11) is -2.99. The van der Waals surface area contributed by atoms with Crippen LogP contribution in [0, 0.1) is 5.92 Å². The van der Waals surface area contributed by atoms with Crippen molar-refractivity contribution >= 4 is 54.7 Å². The van der Waals surface area contributed by atoms with Gasteiger partial charge >= 0.3 is 0 Å². The zero-order valence-corrected chi connectivity index (χ0v) is 23.1. The number of hydrogen-bond donors (Lipinski definition) is 2. The van der Waals surface area contributed by atoms with Crippen LogP contribution in [-0.4, -0.2) is 77.8 Å². The third kappa shape index (κ3) is 5.51. The Morgan fingerprint density at radius 2 is 2.03 bits per heavy atom. The van der Waals surface area contributed by atoms with Gasteiger partial charge in [0.25, 0.3) is 0 Å². The van der Waals surface area contributed by atoms with Crippen molar-refractivity contribution in [2.45, 2.75) is 44.9 Å². The average molecular weight is 549 g/mol. The van der Waals surface area contributed by atoms with Crippen LogP contribution in [0.2, 0.25) is 0 Å². The molecule has 2 aliphatic heterocycles. The monoisotopic (exact) mass is 548 g/mol. The van der Waals surface area contributed by atoms with Gasteiger partial charge in [0.2, 0.25) is 11.1 Å². The molecule has 3 aromatic rings. The van der Waals surface area contributed by atoms with Gasteiger partial charge in [0.05, 0.1) is 18.4 Å². The molecular weight excluding hydrogens is 515 g/mol. The Bertz CT molecular complexity index is 1400. The summed E-state index contributed by atoms with van der Waals surface area (Å²) >= 11 is 1.18. The molecule has 9 nitrogen and oxygen atoms in total. The zero-order valence-electron chi connectivity index (χ0n) is 21.5. The molecule has 0 bridgehead atoms. The topological polar surface area (TPSA) is 112 Å². The lowest BCUT2D eigenvalue weighted by molar-refractivity contribution is -0.00855. The van der Waals surface area contributed by atoms with Gasteiger partial charge in [-0.15, -0.1) is 0 Å². The number of halogens is 1. The molecule has 0 aliphatic carbocycles. The first kappa shape index (κ1) is 26.1. The molecule has 0 spiro atoms. The highest BCUT2D eigenvalue weighted by molar-refractivity contribution is 7.90. The lowest BCUT2D eigenvalue weighted by atomic mass is 9.93. The van der Waals surface area contributed by atoms with Crippen LogP contribution in [0.4, 0.5) is 27.0 Å². The van der Waals surface area contributed by atoms with Crippen LogP contribution in [0.3, 0.4) is 0 Å². The van der Waals surface area contributed by atoms with Crippen LogP contribution in [0.15, 0.2) is 24.4 Å². The van der Waals surface area contributed by atoms with E-state index in [2.05, 4.69) is 50.5 Å². The maximum absolute atomic E-state index is 14.6. The number of pyridine rings is 1. The van der Waals surface area contributed by atoms with Crippen molar-refractivity contribution in [3.05, 3.63) is 30.0 Å². The fourth-order valence-electron chi connectivity index (χ4n) is 5.21. The van der Waals surface area contributed by atoms with Crippen LogP contribution < -0.4 is 15.1 Å². The van der Waals surface area contributed by atoms with Gasteiger partial charge in [-0.05, 0) is 42.3 Å². The maximum atomic E-state index is 14.6. The van der Waals surface area contributed by atoms with Crippen molar-refractivity contribution < 1.29 is 17.9 Å². The van der Waals surface area contributed by atoms with E-state index in [0.717, 1.165) is 16.5 Å². The Hall–Kier alpha value is -2.57. The number of benzene rings is 1. The molecule has 0 amide bonds.